The lowest BCUT2D eigenvalue weighted by Gasteiger charge is -2.36. The topological polar surface area (TPSA) is 35.6 Å². The second-order valence-corrected chi connectivity index (χ2v) is 6.71. The Morgan fingerprint density at radius 2 is 1.88 bits per heavy atom. The number of hydrogen-bond acceptors (Lipinski definition) is 2. The maximum absolute atomic E-state index is 12.9. The summed E-state index contributed by atoms with van der Waals surface area (Å²) in [4.78, 5) is 15.7. The second kappa shape index (κ2) is 6.80. The number of benzene rings is 1. The molecule has 0 aromatic heterocycles. The van der Waals surface area contributed by atoms with Gasteiger partial charge in [0.1, 0.15) is 0 Å². The molecule has 2 fully saturated rings. The van der Waals surface area contributed by atoms with Crippen molar-refractivity contribution in [2.45, 2.75) is 31.6 Å². The quantitative estimate of drug-likeness (QED) is 0.896. The molecule has 24 heavy (non-hydrogen) atoms. The predicted octanol–water partition coefficient (Wildman–Crippen LogP) is 3.35. The number of likely N-dealkylation sites (tertiary alicyclic amines) is 1. The van der Waals surface area contributed by atoms with Gasteiger partial charge in [-0.15, -0.1) is 0 Å². The Labute approximate surface area is 143 Å². The number of carbonyl (C=O) groups excluding carboxylic acids is 1. The molecule has 132 valence electrons. The van der Waals surface area contributed by atoms with E-state index in [0.29, 0.717) is 18.7 Å². The first-order valence-corrected chi connectivity index (χ1v) is 8.34. The number of nitrogens with one attached hydrogen (secondary N) is 1. The van der Waals surface area contributed by atoms with Crippen molar-refractivity contribution in [3.8, 4) is 0 Å². The van der Waals surface area contributed by atoms with E-state index in [9.17, 15) is 18.0 Å². The van der Waals surface area contributed by atoms with Gasteiger partial charge in [-0.05, 0) is 36.6 Å². The molecular weight excluding hydrogens is 343 g/mol. The van der Waals surface area contributed by atoms with E-state index in [1.54, 1.807) is 6.07 Å². The average Bonchev–Trinajstić information content (AvgIpc) is 2.93. The summed E-state index contributed by atoms with van der Waals surface area (Å²) >= 11 is 5.83. The summed E-state index contributed by atoms with van der Waals surface area (Å²) in [5, 5.41) is 2.90. The number of carbonyl (C=O) groups is 1. The summed E-state index contributed by atoms with van der Waals surface area (Å²) < 4.78 is 38.6. The van der Waals surface area contributed by atoms with Gasteiger partial charge in [0.25, 0.3) is 0 Å². The third-order valence-electron chi connectivity index (χ3n) is 4.58. The Kier molecular flexibility index (Phi) is 4.92. The van der Waals surface area contributed by atoms with Gasteiger partial charge in [-0.25, -0.2) is 4.79 Å². The molecule has 0 spiro atoms. The zero-order chi connectivity index (χ0) is 17.3. The fraction of sp³-hybridized carbons (Fsp3) is 0.562. The van der Waals surface area contributed by atoms with Gasteiger partial charge in [-0.3, -0.25) is 4.90 Å². The van der Waals surface area contributed by atoms with Crippen molar-refractivity contribution in [3.05, 3.63) is 34.3 Å². The molecule has 0 saturated carbocycles. The van der Waals surface area contributed by atoms with Gasteiger partial charge in [-0.2, -0.15) is 13.2 Å². The van der Waals surface area contributed by atoms with E-state index < -0.39 is 11.7 Å². The molecule has 3 rings (SSSR count). The molecule has 0 aliphatic carbocycles. The molecule has 8 heteroatoms. The average molecular weight is 362 g/mol. The molecule has 0 bridgehead atoms. The largest absolute Gasteiger partial charge is 0.416 e. The van der Waals surface area contributed by atoms with Crippen molar-refractivity contribution >= 4 is 17.6 Å². The van der Waals surface area contributed by atoms with Crippen LogP contribution in [0.2, 0.25) is 5.02 Å². The van der Waals surface area contributed by atoms with Crippen LogP contribution in [0.25, 0.3) is 0 Å². The minimum atomic E-state index is -4.39. The first-order valence-electron chi connectivity index (χ1n) is 7.96. The lowest BCUT2D eigenvalue weighted by molar-refractivity contribution is -0.137. The smallest absolute Gasteiger partial charge is 0.336 e. The van der Waals surface area contributed by atoms with Crippen LogP contribution in [0.3, 0.4) is 0 Å². The van der Waals surface area contributed by atoms with Crippen LogP contribution in [-0.2, 0) is 12.7 Å². The zero-order valence-corrected chi connectivity index (χ0v) is 13.8. The SMILES string of the molecule is O=C1NCCN1C1CCN(Cc2cc(Cl)cc(C(F)(F)F)c2)CC1. The molecule has 1 aromatic rings. The standard InChI is InChI=1S/C16H19ClF3N3O/c17-13-8-11(7-12(9-13)16(18,19)20)10-22-4-1-14(2-5-22)23-6-3-21-15(23)24/h7-9,14H,1-6,10H2,(H,21,24). The van der Waals surface area contributed by atoms with Crippen molar-refractivity contribution in [2.75, 3.05) is 26.2 Å². The number of amides is 2. The summed E-state index contributed by atoms with van der Waals surface area (Å²) in [5.74, 6) is 0. The fourth-order valence-corrected chi connectivity index (χ4v) is 3.65. The highest BCUT2D eigenvalue weighted by Gasteiger charge is 2.32. The van der Waals surface area contributed by atoms with E-state index in [1.807, 2.05) is 4.90 Å². The highest BCUT2D eigenvalue weighted by molar-refractivity contribution is 6.30. The van der Waals surface area contributed by atoms with Crippen molar-refractivity contribution in [1.82, 2.24) is 15.1 Å². The number of hydrogen-bond donors (Lipinski definition) is 1. The normalized spacial score (nSPS) is 20.5. The third kappa shape index (κ3) is 3.95. The Balaban J connectivity index is 1.60. The highest BCUT2D eigenvalue weighted by Crippen LogP contribution is 2.32. The summed E-state index contributed by atoms with van der Waals surface area (Å²) in [5.41, 5.74) is -0.152. The molecule has 1 N–H and O–H groups in total. The summed E-state index contributed by atoms with van der Waals surface area (Å²) in [6.07, 6.45) is -2.73. The fourth-order valence-electron chi connectivity index (χ4n) is 3.39. The molecule has 0 atom stereocenters. The van der Waals surface area contributed by atoms with Crippen molar-refractivity contribution in [2.24, 2.45) is 0 Å². The molecule has 0 unspecified atom stereocenters. The number of alkyl halides is 3. The molecule has 4 nitrogen and oxygen atoms in total. The maximum atomic E-state index is 12.9. The first kappa shape index (κ1) is 17.4. The highest BCUT2D eigenvalue weighted by atomic mass is 35.5. The number of urea groups is 1. The van der Waals surface area contributed by atoms with Gasteiger partial charge >= 0.3 is 12.2 Å². The molecule has 2 amide bonds. The molecule has 2 heterocycles. The monoisotopic (exact) mass is 361 g/mol. The summed E-state index contributed by atoms with van der Waals surface area (Å²) in [7, 11) is 0. The summed E-state index contributed by atoms with van der Waals surface area (Å²) in [6.45, 7) is 3.35. The van der Waals surface area contributed by atoms with Gasteiger partial charge < -0.3 is 10.2 Å². The van der Waals surface area contributed by atoms with E-state index in [1.165, 1.54) is 0 Å². The Bertz CT molecular complexity index is 615. The Morgan fingerprint density at radius 3 is 2.46 bits per heavy atom. The van der Waals surface area contributed by atoms with E-state index in [-0.39, 0.29) is 17.1 Å². The van der Waals surface area contributed by atoms with E-state index >= 15 is 0 Å². The van der Waals surface area contributed by atoms with Crippen LogP contribution in [0.4, 0.5) is 18.0 Å². The lowest BCUT2D eigenvalue weighted by atomic mass is 10.0. The summed E-state index contributed by atoms with van der Waals surface area (Å²) in [6, 6.07) is 3.89. The van der Waals surface area contributed by atoms with E-state index in [2.05, 4.69) is 10.2 Å². The minimum Gasteiger partial charge on any atom is -0.336 e. The number of halogens is 4. The Morgan fingerprint density at radius 1 is 1.17 bits per heavy atom. The molecule has 1 aromatic carbocycles. The van der Waals surface area contributed by atoms with Crippen LogP contribution in [0.5, 0.6) is 0 Å². The van der Waals surface area contributed by atoms with E-state index in [4.69, 9.17) is 11.6 Å². The van der Waals surface area contributed by atoms with E-state index in [0.717, 1.165) is 44.6 Å². The lowest BCUT2D eigenvalue weighted by Crippen LogP contribution is -2.45. The number of rotatable bonds is 3. The van der Waals surface area contributed by atoms with Crippen LogP contribution >= 0.6 is 11.6 Å². The van der Waals surface area contributed by atoms with Crippen molar-refractivity contribution in [1.29, 1.82) is 0 Å². The number of nitrogens with zero attached hydrogens (tertiary/aromatic N) is 2. The molecular formula is C16H19ClF3N3O. The Hall–Kier alpha value is -1.47. The molecule has 2 aliphatic rings. The maximum Gasteiger partial charge on any atom is 0.416 e. The third-order valence-corrected chi connectivity index (χ3v) is 4.80. The first-order chi connectivity index (χ1) is 11.3. The van der Waals surface area contributed by atoms with Gasteiger partial charge in [0, 0.05) is 43.8 Å². The van der Waals surface area contributed by atoms with Crippen molar-refractivity contribution in [3.63, 3.8) is 0 Å². The molecule has 2 saturated heterocycles. The number of piperidine rings is 1. The predicted molar refractivity (Wildman–Crippen MR) is 84.9 cm³/mol. The second-order valence-electron chi connectivity index (χ2n) is 6.28. The van der Waals surface area contributed by atoms with Gasteiger partial charge in [0.15, 0.2) is 0 Å². The molecule has 2 aliphatic heterocycles. The van der Waals surface area contributed by atoms with Gasteiger partial charge in [0.05, 0.1) is 5.56 Å². The van der Waals surface area contributed by atoms with Gasteiger partial charge in [0.2, 0.25) is 0 Å². The minimum absolute atomic E-state index is 0.0156. The van der Waals surface area contributed by atoms with Crippen molar-refractivity contribution < 1.29 is 18.0 Å². The van der Waals surface area contributed by atoms with Crippen LogP contribution in [0, 0.1) is 0 Å². The van der Waals surface area contributed by atoms with Crippen LogP contribution in [0.15, 0.2) is 18.2 Å². The molecule has 0 radical (unpaired) electrons. The van der Waals surface area contributed by atoms with Crippen LogP contribution in [0.1, 0.15) is 24.0 Å². The van der Waals surface area contributed by atoms with Crippen LogP contribution < -0.4 is 5.32 Å². The van der Waals surface area contributed by atoms with Gasteiger partial charge in [-0.1, -0.05) is 11.6 Å². The zero-order valence-electron chi connectivity index (χ0n) is 13.1. The van der Waals surface area contributed by atoms with Crippen LogP contribution in [-0.4, -0.2) is 48.1 Å².